The second-order valence-electron chi connectivity index (χ2n) is 7.33. The smallest absolute Gasteiger partial charge is 0.0927 e. The van der Waals surface area contributed by atoms with Gasteiger partial charge in [0.2, 0.25) is 0 Å². The molecule has 0 saturated carbocycles. The van der Waals surface area contributed by atoms with Crippen molar-refractivity contribution in [3.8, 4) is 0 Å². The molecule has 124 valence electrons. The minimum absolute atomic E-state index is 0.334. The summed E-state index contributed by atoms with van der Waals surface area (Å²) in [4.78, 5) is 2.30. The van der Waals surface area contributed by atoms with Gasteiger partial charge in [0.1, 0.15) is 0 Å². The molecule has 1 saturated heterocycles. The first-order chi connectivity index (χ1) is 11.6. The molecule has 1 aliphatic carbocycles. The molecule has 0 radical (unpaired) electrons. The number of rotatable bonds is 1. The zero-order valence-electron chi connectivity index (χ0n) is 14.5. The van der Waals surface area contributed by atoms with E-state index in [0.29, 0.717) is 5.92 Å². The van der Waals surface area contributed by atoms with Gasteiger partial charge in [-0.05, 0) is 53.8 Å². The van der Waals surface area contributed by atoms with E-state index in [1.165, 1.54) is 22.3 Å². The van der Waals surface area contributed by atoms with Crippen molar-refractivity contribution in [2.75, 3.05) is 20.1 Å². The summed E-state index contributed by atoms with van der Waals surface area (Å²) in [5.41, 5.74) is 5.48. The maximum Gasteiger partial charge on any atom is 0.0927 e. The van der Waals surface area contributed by atoms with Crippen LogP contribution in [0.15, 0.2) is 48.5 Å². The lowest BCUT2D eigenvalue weighted by atomic mass is 9.78. The molecule has 1 aliphatic heterocycles. The van der Waals surface area contributed by atoms with Crippen LogP contribution in [0.1, 0.15) is 47.9 Å². The van der Waals surface area contributed by atoms with Gasteiger partial charge in [0.05, 0.1) is 5.60 Å². The standard InChI is InChI=1S/C22H25NO/c1-16-18-8-4-3-7-17(18)15-21(20-10-6-5-9-19(16)20)22(24)11-13-23(2)14-12-22/h3-10,15-16,24H,11-14H2,1-2H3. The Morgan fingerprint density at radius 3 is 2.33 bits per heavy atom. The van der Waals surface area contributed by atoms with Gasteiger partial charge in [-0.2, -0.15) is 0 Å². The van der Waals surface area contributed by atoms with Crippen molar-refractivity contribution < 1.29 is 5.11 Å². The predicted molar refractivity (Wildman–Crippen MR) is 100.0 cm³/mol. The van der Waals surface area contributed by atoms with E-state index in [1.807, 2.05) is 0 Å². The third-order valence-corrected chi connectivity index (χ3v) is 5.80. The fourth-order valence-electron chi connectivity index (χ4n) is 4.20. The Balaban J connectivity index is 1.91. The summed E-state index contributed by atoms with van der Waals surface area (Å²) in [6.45, 7) is 4.15. The molecule has 1 N–H and O–H groups in total. The van der Waals surface area contributed by atoms with Crippen molar-refractivity contribution in [1.82, 2.24) is 4.90 Å². The number of hydrogen-bond donors (Lipinski definition) is 1. The number of benzene rings is 2. The Kier molecular flexibility index (Phi) is 3.82. The Morgan fingerprint density at radius 1 is 0.958 bits per heavy atom. The highest BCUT2D eigenvalue weighted by atomic mass is 16.3. The fourth-order valence-corrected chi connectivity index (χ4v) is 4.20. The number of likely N-dealkylation sites (tertiary alicyclic amines) is 1. The maximum absolute atomic E-state index is 11.5. The van der Waals surface area contributed by atoms with Gasteiger partial charge < -0.3 is 10.0 Å². The zero-order chi connectivity index (χ0) is 16.7. The van der Waals surface area contributed by atoms with Gasteiger partial charge in [-0.25, -0.2) is 0 Å². The SMILES string of the molecule is CC1c2ccccc2C=C(C2(O)CCN(C)CC2)c2ccccc21. The van der Waals surface area contributed by atoms with E-state index in [0.717, 1.165) is 31.5 Å². The summed E-state index contributed by atoms with van der Waals surface area (Å²) in [6.07, 6.45) is 3.82. The molecule has 1 unspecified atom stereocenters. The number of hydrogen-bond acceptors (Lipinski definition) is 2. The molecule has 2 aliphatic rings. The number of piperidine rings is 1. The number of aliphatic hydroxyl groups is 1. The summed E-state index contributed by atoms with van der Waals surface area (Å²) in [6, 6.07) is 17.2. The maximum atomic E-state index is 11.5. The van der Waals surface area contributed by atoms with Crippen LogP contribution in [-0.4, -0.2) is 35.7 Å². The first kappa shape index (κ1) is 15.6. The highest BCUT2D eigenvalue weighted by molar-refractivity contribution is 5.90. The minimum Gasteiger partial charge on any atom is -0.385 e. The minimum atomic E-state index is -0.736. The summed E-state index contributed by atoms with van der Waals surface area (Å²) in [5.74, 6) is 0.334. The van der Waals surface area contributed by atoms with Crippen LogP contribution < -0.4 is 0 Å². The van der Waals surface area contributed by atoms with Crippen molar-refractivity contribution in [2.45, 2.75) is 31.3 Å². The van der Waals surface area contributed by atoms with Gasteiger partial charge >= 0.3 is 0 Å². The van der Waals surface area contributed by atoms with Crippen LogP contribution in [0.2, 0.25) is 0 Å². The molecule has 4 rings (SSSR count). The van der Waals surface area contributed by atoms with E-state index in [9.17, 15) is 5.11 Å². The first-order valence-electron chi connectivity index (χ1n) is 8.90. The van der Waals surface area contributed by atoms with Gasteiger partial charge in [0.15, 0.2) is 0 Å². The topological polar surface area (TPSA) is 23.5 Å². The van der Waals surface area contributed by atoms with Crippen molar-refractivity contribution in [3.05, 3.63) is 70.8 Å². The third kappa shape index (κ3) is 2.51. The first-order valence-corrected chi connectivity index (χ1v) is 8.90. The van der Waals surface area contributed by atoms with E-state index in [1.54, 1.807) is 0 Å². The van der Waals surface area contributed by atoms with Gasteiger partial charge in [-0.1, -0.05) is 55.5 Å². The van der Waals surface area contributed by atoms with Crippen molar-refractivity contribution >= 4 is 11.6 Å². The summed E-state index contributed by atoms with van der Waals surface area (Å²) >= 11 is 0. The van der Waals surface area contributed by atoms with E-state index < -0.39 is 5.60 Å². The van der Waals surface area contributed by atoms with Crippen molar-refractivity contribution in [1.29, 1.82) is 0 Å². The average molecular weight is 319 g/mol. The average Bonchev–Trinajstić information content (AvgIpc) is 2.74. The van der Waals surface area contributed by atoms with Crippen LogP contribution in [-0.2, 0) is 0 Å². The number of nitrogens with zero attached hydrogens (tertiary/aromatic N) is 1. The van der Waals surface area contributed by atoms with Crippen LogP contribution in [0.4, 0.5) is 0 Å². The lowest BCUT2D eigenvalue weighted by Gasteiger charge is -2.39. The quantitative estimate of drug-likeness (QED) is 0.853. The van der Waals surface area contributed by atoms with Crippen LogP contribution in [0.3, 0.4) is 0 Å². The largest absolute Gasteiger partial charge is 0.385 e. The van der Waals surface area contributed by atoms with Crippen LogP contribution >= 0.6 is 0 Å². The molecule has 2 aromatic carbocycles. The molecule has 1 heterocycles. The van der Waals surface area contributed by atoms with Crippen molar-refractivity contribution in [3.63, 3.8) is 0 Å². The molecule has 2 nitrogen and oxygen atoms in total. The Hall–Kier alpha value is -1.90. The molecule has 0 amide bonds. The highest BCUT2D eigenvalue weighted by Crippen LogP contribution is 2.44. The highest BCUT2D eigenvalue weighted by Gasteiger charge is 2.37. The zero-order valence-corrected chi connectivity index (χ0v) is 14.5. The summed E-state index contributed by atoms with van der Waals surface area (Å²) < 4.78 is 0. The Bertz CT molecular complexity index is 784. The van der Waals surface area contributed by atoms with Gasteiger partial charge in [0.25, 0.3) is 0 Å². The van der Waals surface area contributed by atoms with E-state index in [-0.39, 0.29) is 0 Å². The van der Waals surface area contributed by atoms with E-state index in [4.69, 9.17) is 0 Å². The van der Waals surface area contributed by atoms with Crippen LogP contribution in [0.5, 0.6) is 0 Å². The van der Waals surface area contributed by atoms with E-state index >= 15 is 0 Å². The molecular formula is C22H25NO. The monoisotopic (exact) mass is 319 g/mol. The lowest BCUT2D eigenvalue weighted by molar-refractivity contribution is 0.0359. The second kappa shape index (κ2) is 5.87. The fraction of sp³-hybridized carbons (Fsp3) is 0.364. The molecular weight excluding hydrogens is 294 g/mol. The molecule has 2 aromatic rings. The van der Waals surface area contributed by atoms with Crippen molar-refractivity contribution in [2.24, 2.45) is 0 Å². The summed E-state index contributed by atoms with van der Waals surface area (Å²) in [7, 11) is 2.13. The normalized spacial score (nSPS) is 23.0. The lowest BCUT2D eigenvalue weighted by Crippen LogP contribution is -2.43. The molecule has 24 heavy (non-hydrogen) atoms. The molecule has 0 spiro atoms. The molecule has 1 atom stereocenters. The molecule has 0 bridgehead atoms. The molecule has 2 heteroatoms. The molecule has 0 aromatic heterocycles. The Morgan fingerprint density at radius 2 is 1.58 bits per heavy atom. The van der Waals surface area contributed by atoms with Gasteiger partial charge in [-0.3, -0.25) is 0 Å². The van der Waals surface area contributed by atoms with Gasteiger partial charge in [0, 0.05) is 19.0 Å². The number of fused-ring (bicyclic) bond motifs is 2. The predicted octanol–water partition coefficient (Wildman–Crippen LogP) is 4.15. The molecule has 1 fully saturated rings. The second-order valence-corrected chi connectivity index (χ2v) is 7.33. The van der Waals surface area contributed by atoms with Crippen LogP contribution in [0.25, 0.3) is 11.6 Å². The summed E-state index contributed by atoms with van der Waals surface area (Å²) in [5, 5.41) is 11.5. The third-order valence-electron chi connectivity index (χ3n) is 5.80. The van der Waals surface area contributed by atoms with E-state index in [2.05, 4.69) is 73.5 Å². The van der Waals surface area contributed by atoms with Gasteiger partial charge in [-0.15, -0.1) is 0 Å². The van der Waals surface area contributed by atoms with Crippen LogP contribution in [0, 0.1) is 0 Å². The Labute approximate surface area is 144 Å².